The molecule has 0 spiro atoms. The minimum atomic E-state index is -0.936. The lowest BCUT2D eigenvalue weighted by Gasteiger charge is -2.20. The molecule has 2 aromatic carbocycles. The molecule has 0 aliphatic heterocycles. The molecular weight excluding hydrogens is 436 g/mol. The third-order valence-electron chi connectivity index (χ3n) is 5.96. The Balaban J connectivity index is 1.43. The molecule has 176 valence electrons. The Labute approximate surface area is 197 Å². The fraction of sp³-hybridized carbons (Fsp3) is 0.308. The number of carbonyl (C=O) groups excluding carboxylic acids is 3. The first-order valence-corrected chi connectivity index (χ1v) is 11.0. The summed E-state index contributed by atoms with van der Waals surface area (Å²) in [5, 5.41) is 4.86. The first kappa shape index (κ1) is 23.2. The van der Waals surface area contributed by atoms with Crippen LogP contribution in [0.5, 0.6) is 11.5 Å². The predicted octanol–water partition coefficient (Wildman–Crippen LogP) is 3.56. The zero-order valence-electron chi connectivity index (χ0n) is 19.3. The smallest absolute Gasteiger partial charge is 0.328 e. The van der Waals surface area contributed by atoms with Crippen LogP contribution in [0.1, 0.15) is 42.7 Å². The Morgan fingerprint density at radius 1 is 1.09 bits per heavy atom. The Kier molecular flexibility index (Phi) is 6.49. The molecule has 0 bridgehead atoms. The maximum absolute atomic E-state index is 12.8. The van der Waals surface area contributed by atoms with Crippen molar-refractivity contribution in [2.24, 2.45) is 0 Å². The second kappa shape index (κ2) is 9.51. The number of aromatic nitrogens is 1. The van der Waals surface area contributed by atoms with Crippen molar-refractivity contribution >= 4 is 28.6 Å². The topological polar surface area (TPSA) is 104 Å². The van der Waals surface area contributed by atoms with Gasteiger partial charge in [-0.1, -0.05) is 42.5 Å². The second-order valence-electron chi connectivity index (χ2n) is 8.39. The normalized spacial score (nSPS) is 14.7. The predicted molar refractivity (Wildman–Crippen MR) is 125 cm³/mol. The molecule has 8 nitrogen and oxygen atoms in total. The van der Waals surface area contributed by atoms with Gasteiger partial charge in [0.25, 0.3) is 5.91 Å². The van der Waals surface area contributed by atoms with Crippen molar-refractivity contribution < 1.29 is 28.6 Å². The summed E-state index contributed by atoms with van der Waals surface area (Å²) in [6.07, 6.45) is 3.20. The van der Waals surface area contributed by atoms with Crippen LogP contribution in [0.25, 0.3) is 10.8 Å². The standard InChI is InChI=1S/C26H26N2O6/c1-16(28-24(30)22-23(34-17(2)29)21(32-3)11-14-27-22)25(31)33-15-26(12-13-26)20-10-6-8-18-7-4-5-9-19(18)20/h4-11,14,16H,12-13,15H2,1-3H3,(H,28,30)/t16-/m0/s1. The highest BCUT2D eigenvalue weighted by Crippen LogP contribution is 2.50. The van der Waals surface area contributed by atoms with Crippen molar-refractivity contribution in [1.29, 1.82) is 0 Å². The Morgan fingerprint density at radius 2 is 1.82 bits per heavy atom. The molecule has 1 fully saturated rings. The molecule has 1 saturated carbocycles. The van der Waals surface area contributed by atoms with Gasteiger partial charge in [0, 0.05) is 24.6 Å². The van der Waals surface area contributed by atoms with E-state index in [0.29, 0.717) is 0 Å². The number of rotatable bonds is 8. The molecule has 0 saturated heterocycles. The Hall–Kier alpha value is -3.94. The minimum Gasteiger partial charge on any atom is -0.493 e. The van der Waals surface area contributed by atoms with Gasteiger partial charge in [0.2, 0.25) is 5.75 Å². The number of hydrogen-bond acceptors (Lipinski definition) is 7. The monoisotopic (exact) mass is 462 g/mol. The average Bonchev–Trinajstić information content (AvgIpc) is 3.62. The molecule has 4 rings (SSSR count). The van der Waals surface area contributed by atoms with Gasteiger partial charge in [-0.15, -0.1) is 0 Å². The van der Waals surface area contributed by atoms with Gasteiger partial charge in [-0.25, -0.2) is 9.78 Å². The molecule has 3 aromatic rings. The summed E-state index contributed by atoms with van der Waals surface area (Å²) < 4.78 is 15.9. The molecule has 1 heterocycles. The highest BCUT2D eigenvalue weighted by molar-refractivity contribution is 5.98. The zero-order chi connectivity index (χ0) is 24.3. The number of nitrogens with one attached hydrogen (secondary N) is 1. The molecule has 1 N–H and O–H groups in total. The molecule has 1 aromatic heterocycles. The van der Waals surface area contributed by atoms with Gasteiger partial charge >= 0.3 is 11.9 Å². The first-order chi connectivity index (χ1) is 16.3. The fourth-order valence-electron chi connectivity index (χ4n) is 3.98. The van der Waals surface area contributed by atoms with Crippen LogP contribution in [0.4, 0.5) is 0 Å². The summed E-state index contributed by atoms with van der Waals surface area (Å²) in [5.41, 5.74) is 0.794. The lowest BCUT2D eigenvalue weighted by Crippen LogP contribution is -2.41. The number of fused-ring (bicyclic) bond motifs is 1. The zero-order valence-corrected chi connectivity index (χ0v) is 19.3. The molecule has 34 heavy (non-hydrogen) atoms. The van der Waals surface area contributed by atoms with E-state index < -0.39 is 23.9 Å². The molecule has 8 heteroatoms. The summed E-state index contributed by atoms with van der Waals surface area (Å²) in [5.74, 6) is -1.80. The van der Waals surface area contributed by atoms with E-state index in [9.17, 15) is 14.4 Å². The van der Waals surface area contributed by atoms with Crippen LogP contribution < -0.4 is 14.8 Å². The number of benzene rings is 2. The van der Waals surface area contributed by atoms with E-state index in [0.717, 1.165) is 23.6 Å². The van der Waals surface area contributed by atoms with Gasteiger partial charge < -0.3 is 19.5 Å². The van der Waals surface area contributed by atoms with Crippen molar-refractivity contribution in [3.8, 4) is 11.5 Å². The number of amides is 1. The number of nitrogens with zero attached hydrogens (tertiary/aromatic N) is 1. The molecule has 1 aliphatic rings. The van der Waals surface area contributed by atoms with Crippen molar-refractivity contribution in [3.05, 3.63) is 66.0 Å². The number of methoxy groups -OCH3 is 1. The Bertz CT molecular complexity index is 1250. The van der Waals surface area contributed by atoms with Gasteiger partial charge in [0.15, 0.2) is 11.4 Å². The summed E-state index contributed by atoms with van der Waals surface area (Å²) in [6, 6.07) is 14.8. The number of carbonyl (C=O) groups is 3. The minimum absolute atomic E-state index is 0.108. The van der Waals surface area contributed by atoms with Gasteiger partial charge in [-0.2, -0.15) is 0 Å². The van der Waals surface area contributed by atoms with Crippen molar-refractivity contribution in [3.63, 3.8) is 0 Å². The quantitative estimate of drug-likeness (QED) is 0.511. The molecule has 1 amide bonds. The van der Waals surface area contributed by atoms with Gasteiger partial charge in [-0.3, -0.25) is 9.59 Å². The molecule has 0 radical (unpaired) electrons. The summed E-state index contributed by atoms with van der Waals surface area (Å²) in [7, 11) is 1.38. The highest BCUT2D eigenvalue weighted by atomic mass is 16.6. The molecular formula is C26H26N2O6. The van der Waals surface area contributed by atoms with Crippen LogP contribution in [0.2, 0.25) is 0 Å². The van der Waals surface area contributed by atoms with E-state index in [1.54, 1.807) is 0 Å². The van der Waals surface area contributed by atoms with Crippen LogP contribution in [0.3, 0.4) is 0 Å². The van der Waals surface area contributed by atoms with E-state index in [1.165, 1.54) is 38.8 Å². The van der Waals surface area contributed by atoms with E-state index in [4.69, 9.17) is 14.2 Å². The second-order valence-corrected chi connectivity index (χ2v) is 8.39. The number of hydrogen-bond donors (Lipinski definition) is 1. The molecule has 1 aliphatic carbocycles. The fourth-order valence-corrected chi connectivity index (χ4v) is 3.98. The third-order valence-corrected chi connectivity index (χ3v) is 5.96. The number of esters is 2. The van der Waals surface area contributed by atoms with Crippen LogP contribution in [-0.4, -0.2) is 42.6 Å². The lowest BCUT2D eigenvalue weighted by atomic mass is 9.91. The van der Waals surface area contributed by atoms with Gasteiger partial charge in [-0.05, 0) is 36.1 Å². The van der Waals surface area contributed by atoms with E-state index in [-0.39, 0.29) is 29.2 Å². The maximum Gasteiger partial charge on any atom is 0.328 e. The molecule has 0 unspecified atom stereocenters. The van der Waals surface area contributed by atoms with E-state index >= 15 is 0 Å². The largest absolute Gasteiger partial charge is 0.493 e. The first-order valence-electron chi connectivity index (χ1n) is 11.0. The summed E-state index contributed by atoms with van der Waals surface area (Å²) in [4.78, 5) is 40.9. The third kappa shape index (κ3) is 4.71. The lowest BCUT2D eigenvalue weighted by molar-refractivity contribution is -0.146. The Morgan fingerprint density at radius 3 is 2.53 bits per heavy atom. The van der Waals surface area contributed by atoms with Crippen molar-refractivity contribution in [1.82, 2.24) is 10.3 Å². The van der Waals surface area contributed by atoms with Crippen LogP contribution in [-0.2, 0) is 19.7 Å². The van der Waals surface area contributed by atoms with Crippen LogP contribution in [0, 0.1) is 0 Å². The van der Waals surface area contributed by atoms with Gasteiger partial charge in [0.1, 0.15) is 12.6 Å². The number of ether oxygens (including phenoxy) is 3. The number of pyridine rings is 1. The maximum atomic E-state index is 12.8. The van der Waals surface area contributed by atoms with Gasteiger partial charge in [0.05, 0.1) is 7.11 Å². The molecule has 1 atom stereocenters. The average molecular weight is 463 g/mol. The highest BCUT2D eigenvalue weighted by Gasteiger charge is 2.46. The van der Waals surface area contributed by atoms with Crippen molar-refractivity contribution in [2.45, 2.75) is 38.1 Å². The van der Waals surface area contributed by atoms with Crippen molar-refractivity contribution in [2.75, 3.05) is 13.7 Å². The van der Waals surface area contributed by atoms with Crippen LogP contribution in [0.15, 0.2) is 54.7 Å². The SMILES string of the molecule is COc1ccnc(C(=O)N[C@@H](C)C(=O)OCC2(c3cccc4ccccc34)CC2)c1OC(C)=O. The van der Waals surface area contributed by atoms with E-state index in [2.05, 4.69) is 34.6 Å². The van der Waals surface area contributed by atoms with Crippen LogP contribution >= 0.6 is 0 Å². The summed E-state index contributed by atoms with van der Waals surface area (Å²) in [6.45, 7) is 2.97. The summed E-state index contributed by atoms with van der Waals surface area (Å²) >= 11 is 0. The van der Waals surface area contributed by atoms with E-state index in [1.807, 2.05) is 18.2 Å².